The SMILES string of the molecule is CC1(C)c2cc(Br)ccc2-c2ccc(-c3ccccc3[N+](=O)[O-])cc21.CC1(C)c2cc(Br)ccc2-c2ccc(B(O)O)cc21.O=[N+]([O-])c1ccccc1Br. The van der Waals surface area contributed by atoms with Gasteiger partial charge in [-0.05, 0) is 114 Å². The Balaban J connectivity index is 0.000000151. The van der Waals surface area contributed by atoms with E-state index in [9.17, 15) is 30.3 Å². The Morgan fingerprint density at radius 1 is 0.519 bits per heavy atom. The second-order valence-corrected chi connectivity index (χ2v) is 16.7. The maximum Gasteiger partial charge on any atom is 0.488 e. The minimum atomic E-state index is -1.42. The summed E-state index contributed by atoms with van der Waals surface area (Å²) in [6, 6.07) is 37.8. The zero-order valence-corrected chi connectivity index (χ0v) is 34.4. The summed E-state index contributed by atoms with van der Waals surface area (Å²) in [5.74, 6) is 0. The minimum Gasteiger partial charge on any atom is -0.423 e. The molecule has 2 N–H and O–H groups in total. The number of nitrogens with zero attached hydrogens (tertiary/aromatic N) is 2. The molecule has 0 saturated carbocycles. The number of fused-ring (bicyclic) bond motifs is 6. The molecule has 8 rings (SSSR count). The molecule has 0 amide bonds. The summed E-state index contributed by atoms with van der Waals surface area (Å²) >= 11 is 10.1. The van der Waals surface area contributed by atoms with Crippen molar-refractivity contribution in [2.45, 2.75) is 38.5 Å². The highest BCUT2D eigenvalue weighted by Gasteiger charge is 2.37. The first-order chi connectivity index (χ1) is 25.5. The van der Waals surface area contributed by atoms with E-state index < -0.39 is 12.0 Å². The lowest BCUT2D eigenvalue weighted by Crippen LogP contribution is -2.31. The topological polar surface area (TPSA) is 127 Å². The first-order valence-electron chi connectivity index (χ1n) is 16.9. The van der Waals surface area contributed by atoms with Crippen molar-refractivity contribution in [2.24, 2.45) is 0 Å². The fourth-order valence-electron chi connectivity index (χ4n) is 7.24. The number of para-hydroxylation sites is 2. The summed E-state index contributed by atoms with van der Waals surface area (Å²) in [5, 5.41) is 40.2. The molecule has 0 saturated heterocycles. The Hall–Kier alpha value is -4.46. The molecular formula is C42H34BBr3N2O6. The minimum absolute atomic E-state index is 0.0995. The average molecular weight is 913 g/mol. The van der Waals surface area contributed by atoms with Crippen LogP contribution < -0.4 is 5.46 Å². The van der Waals surface area contributed by atoms with Gasteiger partial charge in [-0.1, -0.05) is 126 Å². The molecule has 272 valence electrons. The van der Waals surface area contributed by atoms with Gasteiger partial charge in [0.2, 0.25) is 0 Å². The summed E-state index contributed by atoms with van der Waals surface area (Å²) in [4.78, 5) is 20.8. The van der Waals surface area contributed by atoms with Gasteiger partial charge in [0, 0.05) is 31.9 Å². The lowest BCUT2D eigenvalue weighted by Gasteiger charge is -2.22. The van der Waals surface area contributed by atoms with E-state index in [1.165, 1.54) is 45.0 Å². The van der Waals surface area contributed by atoms with Crippen LogP contribution in [0.4, 0.5) is 11.4 Å². The molecule has 0 fully saturated rings. The van der Waals surface area contributed by atoms with E-state index in [0.29, 0.717) is 15.5 Å². The third-order valence-electron chi connectivity index (χ3n) is 10.1. The van der Waals surface area contributed by atoms with Crippen molar-refractivity contribution in [1.82, 2.24) is 0 Å². The van der Waals surface area contributed by atoms with Crippen LogP contribution in [0.5, 0.6) is 0 Å². The second-order valence-electron chi connectivity index (χ2n) is 14.1. The second kappa shape index (κ2) is 15.4. The largest absolute Gasteiger partial charge is 0.488 e. The highest BCUT2D eigenvalue weighted by Crippen LogP contribution is 2.51. The molecule has 8 nitrogen and oxygen atoms in total. The number of nitro groups is 2. The molecule has 54 heavy (non-hydrogen) atoms. The summed E-state index contributed by atoms with van der Waals surface area (Å²) < 4.78 is 2.64. The van der Waals surface area contributed by atoms with Crippen LogP contribution in [0, 0.1) is 20.2 Å². The average Bonchev–Trinajstić information content (AvgIpc) is 3.50. The molecule has 0 spiro atoms. The van der Waals surface area contributed by atoms with Gasteiger partial charge in [0.25, 0.3) is 11.4 Å². The summed E-state index contributed by atoms with van der Waals surface area (Å²) in [6.07, 6.45) is 0. The van der Waals surface area contributed by atoms with Crippen molar-refractivity contribution < 1.29 is 19.9 Å². The van der Waals surface area contributed by atoms with E-state index >= 15 is 0 Å². The monoisotopic (exact) mass is 910 g/mol. The van der Waals surface area contributed by atoms with E-state index in [0.717, 1.165) is 20.1 Å². The molecule has 0 radical (unpaired) electrons. The van der Waals surface area contributed by atoms with Crippen LogP contribution in [-0.2, 0) is 10.8 Å². The predicted octanol–water partition coefficient (Wildman–Crippen LogP) is 11.1. The standard InChI is InChI=1S/C21H16BrNO2.C15H14BBrO2.C6H4BrNO2/c1-21(2)18-11-13(15-5-3-4-6-20(15)23(24)25)7-9-16(18)17-10-8-14(22)12-19(17)21;1-15(2)13-7-9(16(18)19)3-5-11(13)12-6-4-10(17)8-14(12)15;7-5-3-1-2-4-6(5)8(9)10/h3-12H,1-2H3;3-8,18-19H,1-2H3;1-4H. The van der Waals surface area contributed by atoms with E-state index in [4.69, 9.17) is 0 Å². The lowest BCUT2D eigenvalue weighted by atomic mass is 9.75. The summed E-state index contributed by atoms with van der Waals surface area (Å²) in [6.45, 7) is 8.73. The van der Waals surface area contributed by atoms with Gasteiger partial charge in [0.05, 0.1) is 19.9 Å². The highest BCUT2D eigenvalue weighted by atomic mass is 79.9. The van der Waals surface area contributed by atoms with Crippen LogP contribution in [0.25, 0.3) is 33.4 Å². The molecule has 0 aromatic heterocycles. The maximum absolute atomic E-state index is 11.4. The van der Waals surface area contributed by atoms with Crippen molar-refractivity contribution in [3.63, 3.8) is 0 Å². The molecule has 0 aliphatic heterocycles. The van der Waals surface area contributed by atoms with Crippen LogP contribution in [0.15, 0.2) is 135 Å². The normalized spacial score (nSPS) is 13.5. The Bertz CT molecular complexity index is 2450. The van der Waals surface area contributed by atoms with E-state index in [1.807, 2.05) is 36.4 Å². The molecule has 0 unspecified atom stereocenters. The Labute approximate surface area is 338 Å². The van der Waals surface area contributed by atoms with Crippen LogP contribution in [0.1, 0.15) is 49.9 Å². The Morgan fingerprint density at radius 3 is 1.43 bits per heavy atom. The van der Waals surface area contributed by atoms with Crippen LogP contribution in [-0.4, -0.2) is 27.0 Å². The summed E-state index contributed by atoms with van der Waals surface area (Å²) in [5.41, 5.74) is 11.8. The lowest BCUT2D eigenvalue weighted by molar-refractivity contribution is -0.385. The van der Waals surface area contributed by atoms with Crippen LogP contribution >= 0.6 is 47.8 Å². The van der Waals surface area contributed by atoms with Gasteiger partial charge in [-0.2, -0.15) is 0 Å². The third kappa shape index (κ3) is 7.45. The first kappa shape index (κ1) is 39.2. The molecule has 2 aliphatic carbocycles. The van der Waals surface area contributed by atoms with E-state index in [2.05, 4.69) is 118 Å². The number of benzene rings is 6. The highest BCUT2D eigenvalue weighted by molar-refractivity contribution is 9.11. The van der Waals surface area contributed by atoms with Gasteiger partial charge in [0.15, 0.2) is 0 Å². The zero-order valence-electron chi connectivity index (χ0n) is 29.7. The quantitative estimate of drug-likeness (QED) is 0.103. The van der Waals surface area contributed by atoms with E-state index in [1.54, 1.807) is 36.4 Å². The fraction of sp³-hybridized carbons (Fsp3) is 0.143. The van der Waals surface area contributed by atoms with E-state index in [-0.39, 0.29) is 27.1 Å². The molecule has 12 heteroatoms. The molecular weight excluding hydrogens is 879 g/mol. The van der Waals surface area contributed by atoms with Crippen LogP contribution in [0.2, 0.25) is 0 Å². The van der Waals surface area contributed by atoms with Gasteiger partial charge >= 0.3 is 7.12 Å². The van der Waals surface area contributed by atoms with Crippen molar-refractivity contribution in [2.75, 3.05) is 0 Å². The predicted molar refractivity (Wildman–Crippen MR) is 226 cm³/mol. The number of hydrogen-bond donors (Lipinski definition) is 2. The van der Waals surface area contributed by atoms with Crippen LogP contribution in [0.3, 0.4) is 0 Å². The molecule has 0 heterocycles. The van der Waals surface area contributed by atoms with Gasteiger partial charge in [-0.15, -0.1) is 0 Å². The fourth-order valence-corrected chi connectivity index (χ4v) is 8.39. The Morgan fingerprint density at radius 2 is 0.944 bits per heavy atom. The number of hydrogen-bond acceptors (Lipinski definition) is 6. The number of rotatable bonds is 4. The third-order valence-corrected chi connectivity index (χ3v) is 11.7. The van der Waals surface area contributed by atoms with Crippen molar-refractivity contribution in [1.29, 1.82) is 0 Å². The van der Waals surface area contributed by atoms with Crippen molar-refractivity contribution in [3.8, 4) is 33.4 Å². The first-order valence-corrected chi connectivity index (χ1v) is 19.3. The van der Waals surface area contributed by atoms with Gasteiger partial charge in [-0.25, -0.2) is 0 Å². The Kier molecular flexibility index (Phi) is 11.2. The van der Waals surface area contributed by atoms with Gasteiger partial charge in [-0.3, -0.25) is 20.2 Å². The number of nitro benzene ring substituents is 2. The van der Waals surface area contributed by atoms with Gasteiger partial charge < -0.3 is 10.0 Å². The van der Waals surface area contributed by atoms with Crippen molar-refractivity contribution in [3.05, 3.63) is 177 Å². The molecule has 0 bridgehead atoms. The van der Waals surface area contributed by atoms with Crippen molar-refractivity contribution >= 4 is 71.7 Å². The maximum atomic E-state index is 11.4. The molecule has 0 atom stereocenters. The molecule has 2 aliphatic rings. The number of halogens is 3. The summed E-state index contributed by atoms with van der Waals surface area (Å²) in [7, 11) is -1.42. The zero-order chi connectivity index (χ0) is 39.1. The van der Waals surface area contributed by atoms with Gasteiger partial charge in [0.1, 0.15) is 0 Å². The molecule has 6 aromatic carbocycles. The molecule has 6 aromatic rings. The smallest absolute Gasteiger partial charge is 0.423 e.